The number of nitriles is 1. The number of carbonyl (C=O) groups is 2. The molecule has 1 amide bonds. The Bertz CT molecular complexity index is 380. The maximum Gasteiger partial charge on any atom is 0.305 e. The zero-order valence-electron chi connectivity index (χ0n) is 9.98. The molecule has 1 heterocycles. The van der Waals surface area contributed by atoms with Gasteiger partial charge in [-0.1, -0.05) is 0 Å². The highest BCUT2D eigenvalue weighted by Crippen LogP contribution is 2.01. The largest absolute Gasteiger partial charge is 0.481 e. The van der Waals surface area contributed by atoms with Crippen LogP contribution in [0.2, 0.25) is 0 Å². The van der Waals surface area contributed by atoms with Crippen molar-refractivity contribution >= 4 is 11.9 Å². The molecule has 1 fully saturated rings. The fraction of sp³-hybridized carbons (Fsp3) is 0.545. The van der Waals surface area contributed by atoms with E-state index in [9.17, 15) is 9.59 Å². The SMILES string of the molecule is N#C/C(=C/NCCC(=O)O)C(=O)N1CCNCC1. The number of carboxylic acid groups (broad SMARTS) is 1. The summed E-state index contributed by atoms with van der Waals surface area (Å²) in [5.41, 5.74) is 0.00212. The van der Waals surface area contributed by atoms with E-state index in [1.165, 1.54) is 6.20 Å². The Balaban J connectivity index is 2.48. The lowest BCUT2D eigenvalue weighted by atomic mass is 10.2. The standard InChI is InChI=1S/C11H16N4O3/c12-7-9(8-14-2-1-10(16)17)11(18)15-5-3-13-4-6-15/h8,13-14H,1-6H2,(H,16,17)/b9-8-. The normalized spacial score (nSPS) is 15.9. The predicted octanol–water partition coefficient (Wildman–Crippen LogP) is -1.11. The van der Waals surface area contributed by atoms with Crippen molar-refractivity contribution in [3.8, 4) is 6.07 Å². The molecule has 18 heavy (non-hydrogen) atoms. The molecule has 0 bridgehead atoms. The van der Waals surface area contributed by atoms with E-state index < -0.39 is 5.97 Å². The van der Waals surface area contributed by atoms with Crippen molar-refractivity contribution in [2.45, 2.75) is 6.42 Å². The van der Waals surface area contributed by atoms with Crippen LogP contribution in [0, 0.1) is 11.3 Å². The van der Waals surface area contributed by atoms with Crippen molar-refractivity contribution in [3.63, 3.8) is 0 Å². The molecule has 1 aliphatic heterocycles. The van der Waals surface area contributed by atoms with Crippen LogP contribution in [0.15, 0.2) is 11.8 Å². The number of rotatable bonds is 5. The second kappa shape index (κ2) is 7.29. The quantitative estimate of drug-likeness (QED) is 0.325. The topological polar surface area (TPSA) is 105 Å². The maximum absolute atomic E-state index is 11.9. The van der Waals surface area contributed by atoms with Gasteiger partial charge >= 0.3 is 5.97 Å². The summed E-state index contributed by atoms with van der Waals surface area (Å²) < 4.78 is 0. The first-order chi connectivity index (χ1) is 8.65. The van der Waals surface area contributed by atoms with Gasteiger partial charge in [-0.3, -0.25) is 9.59 Å². The van der Waals surface area contributed by atoms with Gasteiger partial charge in [0.05, 0.1) is 6.42 Å². The van der Waals surface area contributed by atoms with Crippen molar-refractivity contribution in [2.24, 2.45) is 0 Å². The lowest BCUT2D eigenvalue weighted by Crippen LogP contribution is -2.46. The first-order valence-corrected chi connectivity index (χ1v) is 5.70. The van der Waals surface area contributed by atoms with Crippen molar-refractivity contribution in [2.75, 3.05) is 32.7 Å². The van der Waals surface area contributed by atoms with Crippen molar-refractivity contribution < 1.29 is 14.7 Å². The van der Waals surface area contributed by atoms with E-state index in [0.717, 1.165) is 13.1 Å². The molecule has 1 rings (SSSR count). The van der Waals surface area contributed by atoms with Crippen LogP contribution in [0.5, 0.6) is 0 Å². The minimum Gasteiger partial charge on any atom is -0.481 e. The van der Waals surface area contributed by atoms with Crippen molar-refractivity contribution in [3.05, 3.63) is 11.8 Å². The molecule has 0 saturated carbocycles. The van der Waals surface area contributed by atoms with Crippen LogP contribution >= 0.6 is 0 Å². The molecule has 0 aromatic rings. The molecule has 0 atom stereocenters. The maximum atomic E-state index is 11.9. The van der Waals surface area contributed by atoms with Crippen LogP contribution in [0.1, 0.15) is 6.42 Å². The molecule has 0 spiro atoms. The number of carbonyl (C=O) groups excluding carboxylic acids is 1. The molecule has 98 valence electrons. The van der Waals surface area contributed by atoms with E-state index in [0.29, 0.717) is 13.1 Å². The summed E-state index contributed by atoms with van der Waals surface area (Å²) in [5.74, 6) is -1.25. The van der Waals surface area contributed by atoms with Crippen LogP contribution in [0.4, 0.5) is 0 Å². The van der Waals surface area contributed by atoms with Gasteiger partial charge in [-0.05, 0) is 0 Å². The summed E-state index contributed by atoms with van der Waals surface area (Å²) in [4.78, 5) is 23.8. The average Bonchev–Trinajstić information content (AvgIpc) is 2.39. The zero-order valence-corrected chi connectivity index (χ0v) is 9.98. The van der Waals surface area contributed by atoms with E-state index in [4.69, 9.17) is 10.4 Å². The van der Waals surface area contributed by atoms with Gasteiger partial charge in [-0.15, -0.1) is 0 Å². The monoisotopic (exact) mass is 252 g/mol. The van der Waals surface area contributed by atoms with Crippen LogP contribution < -0.4 is 10.6 Å². The van der Waals surface area contributed by atoms with Crippen molar-refractivity contribution in [1.82, 2.24) is 15.5 Å². The van der Waals surface area contributed by atoms with E-state index >= 15 is 0 Å². The van der Waals surface area contributed by atoms with E-state index in [1.54, 1.807) is 4.90 Å². The molecule has 0 aliphatic carbocycles. The van der Waals surface area contributed by atoms with Crippen LogP contribution in [0.3, 0.4) is 0 Å². The van der Waals surface area contributed by atoms with E-state index in [1.807, 2.05) is 6.07 Å². The van der Waals surface area contributed by atoms with Gasteiger partial charge in [0.15, 0.2) is 0 Å². The molecule has 7 heteroatoms. The molecule has 0 aromatic heterocycles. The van der Waals surface area contributed by atoms with Crippen LogP contribution in [-0.2, 0) is 9.59 Å². The summed E-state index contributed by atoms with van der Waals surface area (Å²) in [6.45, 7) is 2.78. The Morgan fingerprint density at radius 2 is 2.11 bits per heavy atom. The van der Waals surface area contributed by atoms with Gasteiger partial charge in [0.1, 0.15) is 11.6 Å². The number of hydrogen-bond donors (Lipinski definition) is 3. The zero-order chi connectivity index (χ0) is 13.4. The highest BCUT2D eigenvalue weighted by molar-refractivity contribution is 5.97. The Morgan fingerprint density at radius 3 is 2.67 bits per heavy atom. The molecule has 1 saturated heterocycles. The van der Waals surface area contributed by atoms with Crippen molar-refractivity contribution in [1.29, 1.82) is 5.26 Å². The number of piperazine rings is 1. The van der Waals surface area contributed by atoms with Crippen LogP contribution in [-0.4, -0.2) is 54.6 Å². The van der Waals surface area contributed by atoms with Crippen LogP contribution in [0.25, 0.3) is 0 Å². The van der Waals surface area contributed by atoms with Gasteiger partial charge in [-0.2, -0.15) is 5.26 Å². The number of hydrogen-bond acceptors (Lipinski definition) is 5. The Labute approximate surface area is 105 Å². The Hall–Kier alpha value is -2.07. The average molecular weight is 252 g/mol. The molecule has 0 unspecified atom stereocenters. The number of amides is 1. The second-order valence-electron chi connectivity index (χ2n) is 3.81. The van der Waals surface area contributed by atoms with Gasteiger partial charge in [0.25, 0.3) is 5.91 Å². The minimum absolute atomic E-state index is 0.00212. The fourth-order valence-electron chi connectivity index (χ4n) is 1.53. The minimum atomic E-state index is -0.928. The van der Waals surface area contributed by atoms with E-state index in [-0.39, 0.29) is 24.4 Å². The molecule has 0 aromatic carbocycles. The summed E-state index contributed by atoms with van der Waals surface area (Å²) in [7, 11) is 0. The van der Waals surface area contributed by atoms with Gasteiger partial charge in [0, 0.05) is 38.9 Å². The highest BCUT2D eigenvalue weighted by Gasteiger charge is 2.19. The molecule has 0 radical (unpaired) electrons. The first kappa shape index (κ1) is 14.0. The third-order valence-electron chi connectivity index (χ3n) is 2.48. The summed E-state index contributed by atoms with van der Waals surface area (Å²) in [6.07, 6.45) is 1.23. The smallest absolute Gasteiger partial charge is 0.305 e. The van der Waals surface area contributed by atoms with Gasteiger partial charge < -0.3 is 20.6 Å². The third kappa shape index (κ3) is 4.43. The fourth-order valence-corrected chi connectivity index (χ4v) is 1.53. The first-order valence-electron chi connectivity index (χ1n) is 5.70. The summed E-state index contributed by atoms with van der Waals surface area (Å²) >= 11 is 0. The molecular formula is C11H16N4O3. The number of aliphatic carboxylic acids is 1. The summed E-state index contributed by atoms with van der Waals surface area (Å²) in [6, 6.07) is 1.83. The van der Waals surface area contributed by atoms with Gasteiger partial charge in [0.2, 0.25) is 0 Å². The summed E-state index contributed by atoms with van der Waals surface area (Å²) in [5, 5.41) is 23.1. The molecule has 1 aliphatic rings. The number of nitrogens with zero attached hydrogens (tertiary/aromatic N) is 2. The third-order valence-corrected chi connectivity index (χ3v) is 2.48. The molecular weight excluding hydrogens is 236 g/mol. The van der Waals surface area contributed by atoms with Gasteiger partial charge in [-0.25, -0.2) is 0 Å². The Morgan fingerprint density at radius 1 is 1.44 bits per heavy atom. The Kier molecular flexibility index (Phi) is 5.67. The number of nitrogens with one attached hydrogen (secondary N) is 2. The lowest BCUT2D eigenvalue weighted by Gasteiger charge is -2.27. The lowest BCUT2D eigenvalue weighted by molar-refractivity contribution is -0.136. The molecule has 3 N–H and O–H groups in total. The van der Waals surface area contributed by atoms with E-state index in [2.05, 4.69) is 10.6 Å². The molecule has 7 nitrogen and oxygen atoms in total. The predicted molar refractivity (Wildman–Crippen MR) is 63.4 cm³/mol. The highest BCUT2D eigenvalue weighted by atomic mass is 16.4. The second-order valence-corrected chi connectivity index (χ2v) is 3.81. The number of carboxylic acids is 1.